The summed E-state index contributed by atoms with van der Waals surface area (Å²) in [6, 6.07) is 12.6. The average Bonchev–Trinajstić information content (AvgIpc) is 2.50. The number of carbonyl (C=O) groups is 1. The highest BCUT2D eigenvalue weighted by molar-refractivity contribution is 9.10. The van der Waals surface area contributed by atoms with E-state index in [1.165, 1.54) is 0 Å². The molecule has 0 aromatic heterocycles. The number of nitrogens with one attached hydrogen (secondary N) is 2. The van der Waals surface area contributed by atoms with Crippen molar-refractivity contribution in [3.63, 3.8) is 0 Å². The Hall–Kier alpha value is -1.85. The van der Waals surface area contributed by atoms with E-state index >= 15 is 0 Å². The van der Waals surface area contributed by atoms with Crippen LogP contribution in [0.1, 0.15) is 15.9 Å². The molecule has 0 saturated heterocycles. The van der Waals surface area contributed by atoms with E-state index in [1.807, 2.05) is 25.2 Å². The first-order chi connectivity index (χ1) is 10.1. The minimum absolute atomic E-state index is 0.0264. The molecule has 0 spiro atoms. The van der Waals surface area contributed by atoms with E-state index in [1.54, 1.807) is 24.3 Å². The fraction of sp³-hybridized carbons (Fsp3) is 0.188. The lowest BCUT2D eigenvalue weighted by Crippen LogP contribution is -2.17. The number of aromatic hydroxyl groups is 1. The van der Waals surface area contributed by atoms with E-state index in [2.05, 4.69) is 26.6 Å². The van der Waals surface area contributed by atoms with Crippen molar-refractivity contribution in [3.8, 4) is 5.75 Å². The second-order valence-corrected chi connectivity index (χ2v) is 5.46. The van der Waals surface area contributed by atoms with Crippen molar-refractivity contribution in [1.82, 2.24) is 5.32 Å². The van der Waals surface area contributed by atoms with Crippen molar-refractivity contribution in [2.24, 2.45) is 0 Å². The Morgan fingerprint density at radius 1 is 1.19 bits per heavy atom. The van der Waals surface area contributed by atoms with Gasteiger partial charge in [0.25, 0.3) is 5.91 Å². The number of likely N-dealkylation sites (N-methyl/N-ethyl adjacent to an activating group) is 1. The first-order valence-corrected chi connectivity index (χ1v) is 7.44. The molecule has 4 nitrogen and oxygen atoms in total. The molecular weight excluding hydrogens is 332 g/mol. The van der Waals surface area contributed by atoms with Crippen LogP contribution in [0.3, 0.4) is 0 Å². The maximum absolute atomic E-state index is 12.4. The highest BCUT2D eigenvalue weighted by atomic mass is 79.9. The molecule has 0 aliphatic heterocycles. The van der Waals surface area contributed by atoms with Gasteiger partial charge < -0.3 is 15.7 Å². The monoisotopic (exact) mass is 348 g/mol. The molecule has 2 aromatic rings. The van der Waals surface area contributed by atoms with Crippen LogP contribution in [0.4, 0.5) is 5.69 Å². The van der Waals surface area contributed by atoms with Gasteiger partial charge in [0.1, 0.15) is 0 Å². The van der Waals surface area contributed by atoms with Gasteiger partial charge in [0.2, 0.25) is 0 Å². The van der Waals surface area contributed by atoms with Gasteiger partial charge in [-0.05, 0) is 59.7 Å². The van der Waals surface area contributed by atoms with Gasteiger partial charge in [0.05, 0.1) is 10.2 Å². The number of benzene rings is 2. The van der Waals surface area contributed by atoms with E-state index in [0.29, 0.717) is 15.7 Å². The largest absolute Gasteiger partial charge is 0.505 e. The summed E-state index contributed by atoms with van der Waals surface area (Å²) in [6.07, 6.45) is 0.768. The Bertz CT molecular complexity index is 644. The number of carbonyl (C=O) groups excluding carboxylic acids is 1. The van der Waals surface area contributed by atoms with Crippen molar-refractivity contribution in [2.75, 3.05) is 18.9 Å². The highest BCUT2D eigenvalue weighted by Gasteiger charge is 2.13. The second kappa shape index (κ2) is 7.24. The molecule has 5 heteroatoms. The van der Waals surface area contributed by atoms with E-state index in [0.717, 1.165) is 18.5 Å². The Balaban J connectivity index is 2.22. The first-order valence-electron chi connectivity index (χ1n) is 6.65. The first kappa shape index (κ1) is 15.5. The van der Waals surface area contributed by atoms with Crippen molar-refractivity contribution in [1.29, 1.82) is 0 Å². The molecule has 21 heavy (non-hydrogen) atoms. The third-order valence-electron chi connectivity index (χ3n) is 3.14. The zero-order chi connectivity index (χ0) is 15.2. The number of hydrogen-bond donors (Lipinski definition) is 3. The molecule has 0 radical (unpaired) electrons. The van der Waals surface area contributed by atoms with Crippen LogP contribution in [0.15, 0.2) is 46.9 Å². The maximum atomic E-state index is 12.4. The maximum Gasteiger partial charge on any atom is 0.256 e. The number of phenolic OH excluding ortho intramolecular Hbond substituents is 1. The molecule has 1 amide bonds. The smallest absolute Gasteiger partial charge is 0.256 e. The molecule has 0 unspecified atom stereocenters. The molecule has 0 bridgehead atoms. The number of para-hydroxylation sites is 1. The number of anilines is 1. The molecule has 110 valence electrons. The van der Waals surface area contributed by atoms with E-state index < -0.39 is 0 Å². The lowest BCUT2D eigenvalue weighted by atomic mass is 10.0. The normalized spacial score (nSPS) is 10.4. The molecule has 3 N–H and O–H groups in total. The van der Waals surface area contributed by atoms with Gasteiger partial charge in [-0.25, -0.2) is 0 Å². The van der Waals surface area contributed by atoms with Crippen molar-refractivity contribution in [3.05, 3.63) is 58.1 Å². The summed E-state index contributed by atoms with van der Waals surface area (Å²) in [5.74, 6) is -0.200. The van der Waals surface area contributed by atoms with Crippen LogP contribution < -0.4 is 10.6 Å². The fourth-order valence-corrected chi connectivity index (χ4v) is 2.39. The summed E-state index contributed by atoms with van der Waals surface area (Å²) in [5.41, 5.74) is 1.98. The molecule has 2 aromatic carbocycles. The molecule has 0 aliphatic carbocycles. The van der Waals surface area contributed by atoms with Gasteiger partial charge in [-0.15, -0.1) is 0 Å². The molecule has 0 atom stereocenters. The van der Waals surface area contributed by atoms with E-state index in [-0.39, 0.29) is 11.7 Å². The molecule has 0 aliphatic rings. The molecule has 0 heterocycles. The van der Waals surface area contributed by atoms with E-state index in [4.69, 9.17) is 0 Å². The van der Waals surface area contributed by atoms with Gasteiger partial charge in [0, 0.05) is 5.56 Å². The minimum Gasteiger partial charge on any atom is -0.505 e. The second-order valence-electron chi connectivity index (χ2n) is 4.60. The van der Waals surface area contributed by atoms with Crippen LogP contribution >= 0.6 is 15.9 Å². The summed E-state index contributed by atoms with van der Waals surface area (Å²) < 4.78 is 0.545. The van der Waals surface area contributed by atoms with Crippen LogP contribution in [0.25, 0.3) is 0 Å². The number of phenols is 1. The molecule has 0 fully saturated rings. The quantitative estimate of drug-likeness (QED) is 0.727. The lowest BCUT2D eigenvalue weighted by molar-refractivity contribution is 0.102. The summed E-state index contributed by atoms with van der Waals surface area (Å²) >= 11 is 3.23. The van der Waals surface area contributed by atoms with Gasteiger partial charge in [0.15, 0.2) is 5.75 Å². The Morgan fingerprint density at radius 2 is 1.95 bits per heavy atom. The zero-order valence-corrected chi connectivity index (χ0v) is 13.3. The standard InChI is InChI=1S/C16H17BrN2O2/c1-18-10-9-11-5-2-3-6-12(11)16(21)19-14-8-4-7-13(17)15(14)20/h2-8,18,20H,9-10H2,1H3,(H,19,21). The Kier molecular flexibility index (Phi) is 5.36. The zero-order valence-electron chi connectivity index (χ0n) is 11.7. The Labute approximate surface area is 132 Å². The number of hydrogen-bond acceptors (Lipinski definition) is 3. The van der Waals surface area contributed by atoms with Gasteiger partial charge in [-0.1, -0.05) is 24.3 Å². The van der Waals surface area contributed by atoms with E-state index in [9.17, 15) is 9.90 Å². The van der Waals surface area contributed by atoms with Gasteiger partial charge in [-0.3, -0.25) is 4.79 Å². The van der Waals surface area contributed by atoms with Gasteiger partial charge >= 0.3 is 0 Å². The number of amides is 1. The summed E-state index contributed by atoms with van der Waals surface area (Å²) in [4.78, 5) is 12.4. The lowest BCUT2D eigenvalue weighted by Gasteiger charge is -2.11. The highest BCUT2D eigenvalue weighted by Crippen LogP contribution is 2.31. The third kappa shape index (κ3) is 3.83. The van der Waals surface area contributed by atoms with Crippen LogP contribution in [0.5, 0.6) is 5.75 Å². The van der Waals surface area contributed by atoms with Crippen LogP contribution in [-0.2, 0) is 6.42 Å². The average molecular weight is 349 g/mol. The Morgan fingerprint density at radius 3 is 2.71 bits per heavy atom. The van der Waals surface area contributed by atoms with Crippen LogP contribution in [-0.4, -0.2) is 24.6 Å². The number of rotatable bonds is 5. The summed E-state index contributed by atoms with van der Waals surface area (Å²) in [5, 5.41) is 15.7. The topological polar surface area (TPSA) is 61.4 Å². The summed E-state index contributed by atoms with van der Waals surface area (Å²) in [6.45, 7) is 0.798. The van der Waals surface area contributed by atoms with Crippen LogP contribution in [0.2, 0.25) is 0 Å². The predicted molar refractivity (Wildman–Crippen MR) is 87.8 cm³/mol. The fourth-order valence-electron chi connectivity index (χ4n) is 2.03. The van der Waals surface area contributed by atoms with Crippen molar-refractivity contribution in [2.45, 2.75) is 6.42 Å². The minimum atomic E-state index is -0.227. The summed E-state index contributed by atoms with van der Waals surface area (Å²) in [7, 11) is 1.88. The van der Waals surface area contributed by atoms with Crippen LogP contribution in [0, 0.1) is 0 Å². The number of halogens is 1. The van der Waals surface area contributed by atoms with Crippen molar-refractivity contribution >= 4 is 27.5 Å². The van der Waals surface area contributed by atoms with Crippen molar-refractivity contribution < 1.29 is 9.90 Å². The molecule has 0 saturated carbocycles. The SMILES string of the molecule is CNCCc1ccccc1C(=O)Nc1cccc(Br)c1O. The van der Waals surface area contributed by atoms with Gasteiger partial charge in [-0.2, -0.15) is 0 Å². The third-order valence-corrected chi connectivity index (χ3v) is 3.78. The predicted octanol–water partition coefficient (Wildman–Crippen LogP) is 3.17. The molecular formula is C16H17BrN2O2. The molecule has 2 rings (SSSR count).